The van der Waals surface area contributed by atoms with E-state index in [0.717, 1.165) is 22.9 Å². The number of hydrogen-bond donors (Lipinski definition) is 1. The molecule has 2 rings (SSSR count). The Morgan fingerprint density at radius 3 is 2.62 bits per heavy atom. The fraction of sp³-hybridized carbons (Fsp3) is 0.500. The predicted octanol–water partition coefficient (Wildman–Crippen LogP) is 4.26. The maximum Gasteiger partial charge on any atom is 0.299 e. The van der Waals surface area contributed by atoms with Crippen molar-refractivity contribution in [1.29, 1.82) is 0 Å². The number of nitrogens with zero attached hydrogens (tertiary/aromatic N) is 2. The highest BCUT2D eigenvalue weighted by molar-refractivity contribution is 7.13. The van der Waals surface area contributed by atoms with Crippen molar-refractivity contribution in [2.24, 2.45) is 0 Å². The molecule has 0 aliphatic heterocycles. The number of nitrogens with one attached hydrogen (secondary N) is 1. The summed E-state index contributed by atoms with van der Waals surface area (Å²) >= 11 is 1.49. The second kappa shape index (κ2) is 7.00. The number of aromatic nitrogens is 2. The Balaban J connectivity index is 2.09. The number of ether oxygens (including phenoxy) is 1. The van der Waals surface area contributed by atoms with Crippen molar-refractivity contribution < 1.29 is 4.74 Å². The van der Waals surface area contributed by atoms with Gasteiger partial charge in [0.25, 0.3) is 5.19 Å². The molecular formula is C16H23N3OS. The molecule has 0 bridgehead atoms. The Labute approximate surface area is 130 Å². The van der Waals surface area contributed by atoms with E-state index in [1.54, 1.807) is 0 Å². The molecule has 1 aromatic carbocycles. The van der Waals surface area contributed by atoms with Crippen LogP contribution in [0.5, 0.6) is 10.9 Å². The van der Waals surface area contributed by atoms with E-state index in [1.807, 2.05) is 6.92 Å². The van der Waals surface area contributed by atoms with Gasteiger partial charge in [0.2, 0.25) is 0 Å². The van der Waals surface area contributed by atoms with Crippen LogP contribution in [0.4, 0.5) is 0 Å². The van der Waals surface area contributed by atoms with Gasteiger partial charge in [0.15, 0.2) is 0 Å². The molecule has 4 nitrogen and oxygen atoms in total. The first kappa shape index (κ1) is 15.9. The molecule has 0 fully saturated rings. The fourth-order valence-corrected chi connectivity index (χ4v) is 2.47. The van der Waals surface area contributed by atoms with Gasteiger partial charge >= 0.3 is 0 Å². The molecular weight excluding hydrogens is 282 g/mol. The Morgan fingerprint density at radius 2 is 1.95 bits per heavy atom. The Bertz CT molecular complexity index is 593. The first-order valence-electron chi connectivity index (χ1n) is 7.30. The third kappa shape index (κ3) is 4.51. The van der Waals surface area contributed by atoms with Crippen LogP contribution in [-0.4, -0.2) is 16.2 Å². The highest BCUT2D eigenvalue weighted by Crippen LogP contribution is 2.30. The minimum Gasteiger partial charge on any atom is -0.430 e. The molecule has 0 atom stereocenters. The lowest BCUT2D eigenvalue weighted by molar-refractivity contribution is 0.468. The summed E-state index contributed by atoms with van der Waals surface area (Å²) in [7, 11) is 0. The molecule has 5 heteroatoms. The van der Waals surface area contributed by atoms with Gasteiger partial charge in [-0.3, -0.25) is 0 Å². The van der Waals surface area contributed by atoms with E-state index in [1.165, 1.54) is 16.9 Å². The standard InChI is InChI=1S/C16H23N3OS/c1-10(2)13-7-6-12(5)14(8-13)20-16-19-18-15(21-16)9-17-11(3)4/h6-8,10-11,17H,9H2,1-5H3. The molecule has 0 aliphatic carbocycles. The number of benzene rings is 1. The van der Waals surface area contributed by atoms with Crippen molar-refractivity contribution >= 4 is 11.3 Å². The summed E-state index contributed by atoms with van der Waals surface area (Å²) in [6.07, 6.45) is 0. The van der Waals surface area contributed by atoms with Crippen molar-refractivity contribution in [1.82, 2.24) is 15.5 Å². The largest absolute Gasteiger partial charge is 0.430 e. The molecule has 114 valence electrons. The molecule has 0 unspecified atom stereocenters. The van der Waals surface area contributed by atoms with E-state index in [4.69, 9.17) is 4.74 Å². The zero-order chi connectivity index (χ0) is 15.4. The van der Waals surface area contributed by atoms with Crippen molar-refractivity contribution in [2.45, 2.75) is 53.1 Å². The first-order chi connectivity index (χ1) is 9.95. The number of rotatable bonds is 6. The van der Waals surface area contributed by atoms with E-state index in [-0.39, 0.29) is 0 Å². The van der Waals surface area contributed by atoms with Gasteiger partial charge in [-0.2, -0.15) is 0 Å². The van der Waals surface area contributed by atoms with Crippen LogP contribution >= 0.6 is 11.3 Å². The highest BCUT2D eigenvalue weighted by atomic mass is 32.1. The van der Waals surface area contributed by atoms with E-state index in [9.17, 15) is 0 Å². The maximum atomic E-state index is 5.90. The lowest BCUT2D eigenvalue weighted by Crippen LogP contribution is -2.21. The second-order valence-corrected chi connectivity index (χ2v) is 6.80. The summed E-state index contributed by atoms with van der Waals surface area (Å²) in [5.74, 6) is 1.34. The number of aryl methyl sites for hydroxylation is 1. The third-order valence-corrected chi connectivity index (χ3v) is 3.99. The van der Waals surface area contributed by atoms with Crippen LogP contribution < -0.4 is 10.1 Å². The van der Waals surface area contributed by atoms with Crippen LogP contribution in [0.3, 0.4) is 0 Å². The fourth-order valence-electron chi connectivity index (χ4n) is 1.82. The second-order valence-electron chi connectivity index (χ2n) is 5.78. The summed E-state index contributed by atoms with van der Waals surface area (Å²) in [6, 6.07) is 6.76. The summed E-state index contributed by atoms with van der Waals surface area (Å²) < 4.78 is 5.90. The third-order valence-electron chi connectivity index (χ3n) is 3.19. The Kier molecular flexibility index (Phi) is 5.31. The minimum atomic E-state index is 0.434. The molecule has 0 amide bonds. The lowest BCUT2D eigenvalue weighted by Gasteiger charge is -2.10. The summed E-state index contributed by atoms with van der Waals surface area (Å²) in [4.78, 5) is 0. The predicted molar refractivity (Wildman–Crippen MR) is 87.2 cm³/mol. The summed E-state index contributed by atoms with van der Waals surface area (Å²) in [6.45, 7) is 11.3. The van der Waals surface area contributed by atoms with Crippen LogP contribution in [0, 0.1) is 6.92 Å². The topological polar surface area (TPSA) is 47.0 Å². The van der Waals surface area contributed by atoms with Crippen molar-refractivity contribution in [3.8, 4) is 10.9 Å². The van der Waals surface area contributed by atoms with Crippen molar-refractivity contribution in [2.75, 3.05) is 0 Å². The van der Waals surface area contributed by atoms with Crippen LogP contribution in [0.15, 0.2) is 18.2 Å². The summed E-state index contributed by atoms with van der Waals surface area (Å²) in [5.41, 5.74) is 2.37. The van der Waals surface area contributed by atoms with Crippen LogP contribution in [-0.2, 0) is 6.54 Å². The quantitative estimate of drug-likeness (QED) is 0.866. The molecule has 0 saturated heterocycles. The average Bonchev–Trinajstić information content (AvgIpc) is 2.86. The van der Waals surface area contributed by atoms with Gasteiger partial charge in [-0.25, -0.2) is 0 Å². The smallest absolute Gasteiger partial charge is 0.299 e. The molecule has 0 spiro atoms. The Hall–Kier alpha value is -1.46. The molecule has 21 heavy (non-hydrogen) atoms. The van der Waals surface area contributed by atoms with Gasteiger partial charge in [-0.1, -0.05) is 56.3 Å². The highest BCUT2D eigenvalue weighted by Gasteiger charge is 2.10. The molecule has 1 heterocycles. The zero-order valence-corrected chi connectivity index (χ0v) is 14.1. The maximum absolute atomic E-state index is 5.90. The first-order valence-corrected chi connectivity index (χ1v) is 8.11. The average molecular weight is 305 g/mol. The van der Waals surface area contributed by atoms with E-state index >= 15 is 0 Å². The Morgan fingerprint density at radius 1 is 1.19 bits per heavy atom. The lowest BCUT2D eigenvalue weighted by atomic mass is 10.0. The van der Waals surface area contributed by atoms with Gasteiger partial charge in [0.1, 0.15) is 10.8 Å². The van der Waals surface area contributed by atoms with Crippen LogP contribution in [0.25, 0.3) is 0 Å². The van der Waals surface area contributed by atoms with Gasteiger partial charge in [-0.05, 0) is 30.0 Å². The van der Waals surface area contributed by atoms with Gasteiger partial charge in [0, 0.05) is 6.04 Å². The van der Waals surface area contributed by atoms with Crippen LogP contribution in [0.2, 0.25) is 0 Å². The number of hydrogen-bond acceptors (Lipinski definition) is 5. The zero-order valence-electron chi connectivity index (χ0n) is 13.3. The van der Waals surface area contributed by atoms with Crippen molar-refractivity contribution in [3.05, 3.63) is 34.3 Å². The summed E-state index contributed by atoms with van der Waals surface area (Å²) in [5, 5.41) is 13.1. The van der Waals surface area contributed by atoms with Crippen molar-refractivity contribution in [3.63, 3.8) is 0 Å². The van der Waals surface area contributed by atoms with E-state index in [2.05, 4.69) is 61.4 Å². The molecule has 0 radical (unpaired) electrons. The molecule has 0 saturated carbocycles. The molecule has 2 aromatic rings. The molecule has 1 aromatic heterocycles. The van der Waals surface area contributed by atoms with E-state index < -0.39 is 0 Å². The normalized spacial score (nSPS) is 11.4. The van der Waals surface area contributed by atoms with Gasteiger partial charge in [0.05, 0.1) is 6.54 Å². The van der Waals surface area contributed by atoms with Gasteiger partial charge in [-0.15, -0.1) is 5.10 Å². The molecule has 1 N–H and O–H groups in total. The van der Waals surface area contributed by atoms with E-state index in [0.29, 0.717) is 17.2 Å². The monoisotopic (exact) mass is 305 g/mol. The SMILES string of the molecule is Cc1ccc(C(C)C)cc1Oc1nnc(CNC(C)C)s1. The molecule has 0 aliphatic rings. The minimum absolute atomic E-state index is 0.434. The van der Waals surface area contributed by atoms with Crippen LogP contribution in [0.1, 0.15) is 49.7 Å². The van der Waals surface area contributed by atoms with Gasteiger partial charge < -0.3 is 10.1 Å².